The van der Waals surface area contributed by atoms with Gasteiger partial charge in [0.05, 0.1) is 12.1 Å². The first-order valence-corrected chi connectivity index (χ1v) is 9.16. The minimum absolute atomic E-state index is 0.0758. The smallest absolute Gasteiger partial charge is 0.274 e. The van der Waals surface area contributed by atoms with Crippen molar-refractivity contribution >= 4 is 21.8 Å². The molecule has 0 bridgehead atoms. The quantitative estimate of drug-likeness (QED) is 0.903. The van der Waals surface area contributed by atoms with Gasteiger partial charge in [-0.15, -0.1) is 0 Å². The first kappa shape index (κ1) is 17.3. The minimum atomic E-state index is -4.10. The van der Waals surface area contributed by atoms with Crippen molar-refractivity contribution in [1.82, 2.24) is 4.72 Å². The van der Waals surface area contributed by atoms with Crippen LogP contribution < -0.4 is 9.03 Å². The summed E-state index contributed by atoms with van der Waals surface area (Å²) < 4.78 is 54.7. The molecule has 5 nitrogen and oxygen atoms in total. The van der Waals surface area contributed by atoms with Crippen molar-refractivity contribution in [2.75, 3.05) is 10.8 Å². The van der Waals surface area contributed by atoms with Gasteiger partial charge in [-0.05, 0) is 36.1 Å². The lowest BCUT2D eigenvalue weighted by atomic mass is 10.0. The second-order valence-electron chi connectivity index (χ2n) is 5.75. The van der Waals surface area contributed by atoms with Crippen molar-refractivity contribution in [2.45, 2.75) is 19.3 Å². The number of para-hydroxylation sites is 1. The van der Waals surface area contributed by atoms with Crippen LogP contribution in [0.25, 0.3) is 0 Å². The fraction of sp³-hybridized carbons (Fsp3) is 0.235. The van der Waals surface area contributed by atoms with Crippen molar-refractivity contribution in [2.24, 2.45) is 0 Å². The van der Waals surface area contributed by atoms with Crippen LogP contribution in [-0.2, 0) is 27.8 Å². The molecule has 1 amide bonds. The van der Waals surface area contributed by atoms with Crippen molar-refractivity contribution in [3.63, 3.8) is 0 Å². The Hall–Kier alpha value is -2.48. The van der Waals surface area contributed by atoms with E-state index in [1.807, 2.05) is 16.9 Å². The van der Waals surface area contributed by atoms with Crippen LogP contribution in [-0.4, -0.2) is 20.9 Å². The van der Waals surface area contributed by atoms with Crippen LogP contribution in [0.5, 0.6) is 0 Å². The molecule has 1 heterocycles. The highest BCUT2D eigenvalue weighted by Crippen LogP contribution is 2.28. The molecule has 2 aromatic carbocycles. The Balaban J connectivity index is 1.77. The van der Waals surface area contributed by atoms with Gasteiger partial charge in [0.1, 0.15) is 11.6 Å². The van der Waals surface area contributed by atoms with Crippen LogP contribution in [0.3, 0.4) is 0 Å². The highest BCUT2D eigenvalue weighted by Gasteiger charge is 2.28. The van der Waals surface area contributed by atoms with Gasteiger partial charge in [0.15, 0.2) is 0 Å². The molecular weight excluding hydrogens is 350 g/mol. The maximum Gasteiger partial charge on any atom is 0.326 e. The second kappa shape index (κ2) is 6.79. The zero-order chi connectivity index (χ0) is 18.0. The topological polar surface area (TPSA) is 66.5 Å². The third-order valence-electron chi connectivity index (χ3n) is 3.97. The average molecular weight is 366 g/mol. The van der Waals surface area contributed by atoms with E-state index in [1.54, 1.807) is 12.1 Å². The Morgan fingerprint density at radius 2 is 1.92 bits per heavy atom. The summed E-state index contributed by atoms with van der Waals surface area (Å²) in [5, 5.41) is 0. The third kappa shape index (κ3) is 3.79. The van der Waals surface area contributed by atoms with Crippen LogP contribution in [0.4, 0.5) is 14.5 Å². The summed E-state index contributed by atoms with van der Waals surface area (Å²) in [6.07, 6.45) is 0.899. The fourth-order valence-corrected chi connectivity index (χ4v) is 4.10. The highest BCUT2D eigenvalue weighted by molar-refractivity contribution is 7.91. The number of hydrogen-bond donors (Lipinski definition) is 1. The van der Waals surface area contributed by atoms with E-state index in [9.17, 15) is 22.0 Å². The summed E-state index contributed by atoms with van der Waals surface area (Å²) in [6, 6.07) is 9.85. The van der Waals surface area contributed by atoms with Gasteiger partial charge in [0, 0.05) is 12.6 Å². The Kier molecular flexibility index (Phi) is 4.71. The number of fused-ring (bicyclic) bond motifs is 1. The molecular formula is C17H16F2N2O3S. The molecule has 1 aliphatic rings. The monoisotopic (exact) mass is 366 g/mol. The van der Waals surface area contributed by atoms with E-state index in [1.165, 1.54) is 0 Å². The van der Waals surface area contributed by atoms with Gasteiger partial charge >= 0.3 is 10.2 Å². The van der Waals surface area contributed by atoms with Crippen molar-refractivity contribution in [3.8, 4) is 0 Å². The molecule has 8 heteroatoms. The number of rotatable bonds is 4. The van der Waals surface area contributed by atoms with Crippen molar-refractivity contribution in [1.29, 1.82) is 0 Å². The molecule has 0 fully saturated rings. The van der Waals surface area contributed by atoms with Gasteiger partial charge < -0.3 is 0 Å². The summed E-state index contributed by atoms with van der Waals surface area (Å²) in [5.41, 5.74) is 1.34. The van der Waals surface area contributed by atoms with E-state index < -0.39 is 34.2 Å². The fourth-order valence-electron chi connectivity index (χ4n) is 2.82. The molecule has 0 spiro atoms. The Labute approximate surface area is 144 Å². The van der Waals surface area contributed by atoms with Gasteiger partial charge in [0.2, 0.25) is 5.91 Å². The van der Waals surface area contributed by atoms with E-state index in [4.69, 9.17) is 0 Å². The third-order valence-corrected chi connectivity index (χ3v) is 5.41. The maximum atomic E-state index is 13.6. The molecule has 0 saturated heterocycles. The number of carbonyl (C=O) groups is 1. The van der Waals surface area contributed by atoms with Crippen LogP contribution in [0, 0.1) is 11.6 Å². The molecule has 0 radical (unpaired) electrons. The lowest BCUT2D eigenvalue weighted by molar-refractivity contribution is -0.118. The predicted octanol–water partition coefficient (Wildman–Crippen LogP) is 2.32. The summed E-state index contributed by atoms with van der Waals surface area (Å²) in [4.78, 5) is 12.0. The average Bonchev–Trinajstić information content (AvgIpc) is 2.56. The number of aryl methyl sites for hydroxylation is 1. The summed E-state index contributed by atoms with van der Waals surface area (Å²) >= 11 is 0. The number of nitrogens with zero attached hydrogens (tertiary/aromatic N) is 1. The Morgan fingerprint density at radius 1 is 1.16 bits per heavy atom. The molecule has 0 saturated carbocycles. The predicted molar refractivity (Wildman–Crippen MR) is 89.2 cm³/mol. The number of hydrogen-bond acceptors (Lipinski definition) is 3. The number of benzene rings is 2. The van der Waals surface area contributed by atoms with Crippen LogP contribution in [0.2, 0.25) is 0 Å². The Bertz CT molecular complexity index is 916. The van der Waals surface area contributed by atoms with Crippen LogP contribution in [0.1, 0.15) is 17.5 Å². The normalized spacial score (nSPS) is 14.1. The number of halogens is 2. The van der Waals surface area contributed by atoms with E-state index in [-0.39, 0.29) is 12.1 Å². The molecule has 132 valence electrons. The molecule has 2 aromatic rings. The molecule has 0 aromatic heterocycles. The lowest BCUT2D eigenvalue weighted by Gasteiger charge is -2.30. The van der Waals surface area contributed by atoms with Crippen LogP contribution in [0.15, 0.2) is 42.5 Å². The van der Waals surface area contributed by atoms with Crippen LogP contribution >= 0.6 is 0 Å². The molecule has 25 heavy (non-hydrogen) atoms. The highest BCUT2D eigenvalue weighted by atomic mass is 32.2. The SMILES string of the molecule is O=C(Cc1ccc(F)cc1F)NS(=O)(=O)N1CCCc2ccccc21. The van der Waals surface area contributed by atoms with E-state index >= 15 is 0 Å². The number of anilines is 1. The van der Waals surface area contributed by atoms with E-state index in [0.29, 0.717) is 18.2 Å². The van der Waals surface area contributed by atoms with Crippen molar-refractivity contribution < 1.29 is 22.0 Å². The number of nitrogens with one attached hydrogen (secondary N) is 1. The second-order valence-corrected chi connectivity index (χ2v) is 7.34. The summed E-state index contributed by atoms with van der Waals surface area (Å²) in [5.74, 6) is -2.54. The minimum Gasteiger partial charge on any atom is -0.274 e. The zero-order valence-electron chi connectivity index (χ0n) is 13.2. The van der Waals surface area contributed by atoms with Gasteiger partial charge in [0.25, 0.3) is 0 Å². The van der Waals surface area contributed by atoms with Crippen molar-refractivity contribution in [3.05, 3.63) is 65.2 Å². The largest absolute Gasteiger partial charge is 0.326 e. The molecule has 3 rings (SSSR count). The number of amides is 1. The maximum absolute atomic E-state index is 13.6. The van der Waals surface area contributed by atoms with Gasteiger partial charge in [-0.25, -0.2) is 13.5 Å². The van der Waals surface area contributed by atoms with Gasteiger partial charge in [-0.1, -0.05) is 24.3 Å². The first-order valence-electron chi connectivity index (χ1n) is 7.72. The Morgan fingerprint density at radius 3 is 2.68 bits per heavy atom. The molecule has 0 atom stereocenters. The zero-order valence-corrected chi connectivity index (χ0v) is 14.0. The summed E-state index contributed by atoms with van der Waals surface area (Å²) in [7, 11) is -4.10. The number of carbonyl (C=O) groups excluding carboxylic acids is 1. The molecule has 1 N–H and O–H groups in total. The molecule has 0 aliphatic carbocycles. The van der Waals surface area contributed by atoms with E-state index in [0.717, 1.165) is 28.4 Å². The molecule has 1 aliphatic heterocycles. The molecule has 0 unspecified atom stereocenters. The van der Waals surface area contributed by atoms with Gasteiger partial charge in [-0.3, -0.25) is 9.10 Å². The standard InChI is InChI=1S/C17H16F2N2O3S/c18-14-8-7-13(15(19)11-14)10-17(22)20-25(23,24)21-9-3-5-12-4-1-2-6-16(12)21/h1-2,4,6-8,11H,3,5,9-10H2,(H,20,22). The first-order chi connectivity index (χ1) is 11.9. The lowest BCUT2D eigenvalue weighted by Crippen LogP contribution is -2.46. The van der Waals surface area contributed by atoms with Gasteiger partial charge in [-0.2, -0.15) is 8.42 Å². The summed E-state index contributed by atoms with van der Waals surface area (Å²) in [6.45, 7) is 0.255. The van der Waals surface area contributed by atoms with E-state index in [2.05, 4.69) is 0 Å².